The van der Waals surface area contributed by atoms with Crippen LogP contribution in [0.3, 0.4) is 0 Å². The first kappa shape index (κ1) is 8.75. The van der Waals surface area contributed by atoms with E-state index in [4.69, 9.17) is 0 Å². The molecule has 2 heteroatoms. The second-order valence-electron chi connectivity index (χ2n) is 3.17. The van der Waals surface area contributed by atoms with Crippen LogP contribution in [0.1, 0.15) is 13.3 Å². The van der Waals surface area contributed by atoms with Crippen LogP contribution in [0.5, 0.6) is 0 Å². The van der Waals surface area contributed by atoms with Crippen molar-refractivity contribution in [1.29, 1.82) is 0 Å². The van der Waals surface area contributed by atoms with E-state index in [0.29, 0.717) is 6.04 Å². The van der Waals surface area contributed by atoms with E-state index in [0.717, 1.165) is 19.5 Å². The molecule has 0 aliphatic carbocycles. The van der Waals surface area contributed by atoms with Gasteiger partial charge in [-0.2, -0.15) is 0 Å². The van der Waals surface area contributed by atoms with Crippen LogP contribution in [0.25, 0.3) is 0 Å². The van der Waals surface area contributed by atoms with E-state index >= 15 is 0 Å². The summed E-state index contributed by atoms with van der Waals surface area (Å²) in [6.45, 7) is 10.6. The minimum absolute atomic E-state index is 0.698. The molecule has 64 valence electrons. The summed E-state index contributed by atoms with van der Waals surface area (Å²) < 4.78 is 0. The summed E-state index contributed by atoms with van der Waals surface area (Å²) in [4.78, 5) is 2.51. The van der Waals surface area contributed by atoms with Crippen molar-refractivity contribution < 1.29 is 0 Å². The lowest BCUT2D eigenvalue weighted by atomic mass is 10.2. The van der Waals surface area contributed by atoms with Crippen LogP contribution in [-0.4, -0.2) is 37.1 Å². The summed E-state index contributed by atoms with van der Waals surface area (Å²) in [6, 6.07) is 0.698. The topological polar surface area (TPSA) is 15.3 Å². The first-order valence-corrected chi connectivity index (χ1v) is 4.40. The molecule has 1 aliphatic heterocycles. The van der Waals surface area contributed by atoms with E-state index in [1.54, 1.807) is 0 Å². The zero-order chi connectivity index (χ0) is 8.10. The minimum atomic E-state index is 0.698. The highest BCUT2D eigenvalue weighted by Gasteiger charge is 2.15. The van der Waals surface area contributed by atoms with Gasteiger partial charge in [-0.25, -0.2) is 0 Å². The molecular formula is C9H18N2. The normalized spacial score (nSPS) is 26.8. The minimum Gasteiger partial charge on any atom is -0.314 e. The highest BCUT2D eigenvalue weighted by atomic mass is 15.2. The molecule has 2 nitrogen and oxygen atoms in total. The molecule has 0 aromatic heterocycles. The molecule has 0 aromatic rings. The van der Waals surface area contributed by atoms with E-state index in [1.165, 1.54) is 13.1 Å². The third-order valence-corrected chi connectivity index (χ3v) is 2.26. The number of hydrogen-bond donors (Lipinski definition) is 1. The number of rotatable bonds is 3. The van der Waals surface area contributed by atoms with Gasteiger partial charge in [0, 0.05) is 32.2 Å². The van der Waals surface area contributed by atoms with Crippen molar-refractivity contribution >= 4 is 0 Å². The molecule has 11 heavy (non-hydrogen) atoms. The summed E-state index contributed by atoms with van der Waals surface area (Å²) >= 11 is 0. The van der Waals surface area contributed by atoms with Gasteiger partial charge in [0.25, 0.3) is 0 Å². The van der Waals surface area contributed by atoms with Crippen molar-refractivity contribution in [1.82, 2.24) is 10.2 Å². The first-order valence-electron chi connectivity index (χ1n) is 4.40. The zero-order valence-corrected chi connectivity index (χ0v) is 7.34. The summed E-state index contributed by atoms with van der Waals surface area (Å²) in [5, 5.41) is 3.37. The number of piperazine rings is 1. The molecule has 1 saturated heterocycles. The second kappa shape index (κ2) is 4.52. The summed E-state index contributed by atoms with van der Waals surface area (Å²) in [7, 11) is 0. The summed E-state index contributed by atoms with van der Waals surface area (Å²) in [5.74, 6) is 0. The molecular weight excluding hydrogens is 136 g/mol. The molecule has 0 bridgehead atoms. The van der Waals surface area contributed by atoms with Crippen molar-refractivity contribution in [3.8, 4) is 0 Å². The lowest BCUT2D eigenvalue weighted by Crippen LogP contribution is -2.49. The smallest absolute Gasteiger partial charge is 0.0193 e. The molecule has 0 radical (unpaired) electrons. The first-order chi connectivity index (χ1) is 5.34. The van der Waals surface area contributed by atoms with Gasteiger partial charge in [0.05, 0.1) is 0 Å². The fourth-order valence-corrected chi connectivity index (χ4v) is 1.47. The van der Waals surface area contributed by atoms with Crippen LogP contribution in [0.2, 0.25) is 0 Å². The van der Waals surface area contributed by atoms with Gasteiger partial charge in [-0.15, -0.1) is 6.58 Å². The quantitative estimate of drug-likeness (QED) is 0.606. The lowest BCUT2D eigenvalue weighted by Gasteiger charge is -2.33. The number of hydrogen-bond acceptors (Lipinski definition) is 2. The van der Waals surface area contributed by atoms with Crippen LogP contribution in [0.15, 0.2) is 12.7 Å². The Bertz CT molecular complexity index is 123. The maximum Gasteiger partial charge on any atom is 0.0193 e. The van der Waals surface area contributed by atoms with Gasteiger partial charge in [0.15, 0.2) is 0 Å². The van der Waals surface area contributed by atoms with Crippen LogP contribution in [0, 0.1) is 0 Å². The van der Waals surface area contributed by atoms with Crippen LogP contribution in [0.4, 0.5) is 0 Å². The van der Waals surface area contributed by atoms with Gasteiger partial charge in [0.1, 0.15) is 0 Å². The molecule has 1 heterocycles. The molecule has 1 atom stereocenters. The molecule has 1 rings (SSSR count). The summed E-state index contributed by atoms with van der Waals surface area (Å²) in [6.07, 6.45) is 3.11. The van der Waals surface area contributed by atoms with E-state index < -0.39 is 0 Å². The Labute approximate surface area is 69.3 Å². The van der Waals surface area contributed by atoms with Gasteiger partial charge in [-0.05, 0) is 13.3 Å². The fraction of sp³-hybridized carbons (Fsp3) is 0.778. The Morgan fingerprint density at radius 3 is 3.18 bits per heavy atom. The van der Waals surface area contributed by atoms with Gasteiger partial charge >= 0.3 is 0 Å². The molecule has 0 spiro atoms. The Kier molecular flexibility index (Phi) is 3.60. The highest BCUT2D eigenvalue weighted by Crippen LogP contribution is 2.02. The Morgan fingerprint density at radius 1 is 1.73 bits per heavy atom. The highest BCUT2D eigenvalue weighted by molar-refractivity contribution is 4.78. The molecule has 1 aliphatic rings. The molecule has 0 aromatic carbocycles. The van der Waals surface area contributed by atoms with Gasteiger partial charge in [-0.3, -0.25) is 4.90 Å². The van der Waals surface area contributed by atoms with E-state index in [9.17, 15) is 0 Å². The standard InChI is InChI=1S/C9H18N2/c1-3-4-6-11-7-5-10-8-9(11)2/h3,9-10H,1,4-8H2,2H3. The van der Waals surface area contributed by atoms with E-state index in [1.807, 2.05) is 6.08 Å². The molecule has 1 fully saturated rings. The van der Waals surface area contributed by atoms with Crippen LogP contribution in [-0.2, 0) is 0 Å². The maximum atomic E-state index is 3.73. The summed E-state index contributed by atoms with van der Waals surface area (Å²) in [5.41, 5.74) is 0. The Balaban J connectivity index is 2.23. The maximum absolute atomic E-state index is 3.73. The largest absolute Gasteiger partial charge is 0.314 e. The van der Waals surface area contributed by atoms with Crippen molar-refractivity contribution in [2.75, 3.05) is 26.2 Å². The predicted molar refractivity (Wildman–Crippen MR) is 48.7 cm³/mol. The monoisotopic (exact) mass is 154 g/mol. The van der Waals surface area contributed by atoms with Gasteiger partial charge in [-0.1, -0.05) is 6.08 Å². The Morgan fingerprint density at radius 2 is 2.55 bits per heavy atom. The predicted octanol–water partition coefficient (Wildman–Crippen LogP) is 0.856. The molecule has 1 unspecified atom stereocenters. The van der Waals surface area contributed by atoms with Crippen LogP contribution >= 0.6 is 0 Å². The Hall–Kier alpha value is -0.340. The second-order valence-corrected chi connectivity index (χ2v) is 3.17. The van der Waals surface area contributed by atoms with Gasteiger partial charge in [0.2, 0.25) is 0 Å². The number of nitrogens with one attached hydrogen (secondary N) is 1. The van der Waals surface area contributed by atoms with Crippen molar-refractivity contribution in [2.24, 2.45) is 0 Å². The molecule has 1 N–H and O–H groups in total. The fourth-order valence-electron chi connectivity index (χ4n) is 1.47. The zero-order valence-electron chi connectivity index (χ0n) is 7.34. The third kappa shape index (κ3) is 2.64. The van der Waals surface area contributed by atoms with E-state index in [-0.39, 0.29) is 0 Å². The van der Waals surface area contributed by atoms with Crippen molar-refractivity contribution in [3.05, 3.63) is 12.7 Å². The van der Waals surface area contributed by atoms with E-state index in [2.05, 4.69) is 23.7 Å². The SMILES string of the molecule is C=CCCN1CCNCC1C. The number of nitrogens with zero attached hydrogens (tertiary/aromatic N) is 1. The van der Waals surface area contributed by atoms with Crippen LogP contribution < -0.4 is 5.32 Å². The molecule has 0 amide bonds. The van der Waals surface area contributed by atoms with Crippen molar-refractivity contribution in [3.63, 3.8) is 0 Å². The lowest BCUT2D eigenvalue weighted by molar-refractivity contribution is 0.177. The molecule has 0 saturated carbocycles. The third-order valence-electron chi connectivity index (χ3n) is 2.26. The average molecular weight is 154 g/mol. The van der Waals surface area contributed by atoms with Crippen molar-refractivity contribution in [2.45, 2.75) is 19.4 Å². The average Bonchev–Trinajstić information content (AvgIpc) is 2.03. The van der Waals surface area contributed by atoms with Gasteiger partial charge < -0.3 is 5.32 Å².